The summed E-state index contributed by atoms with van der Waals surface area (Å²) in [6, 6.07) is 19.4. The fourth-order valence-electron chi connectivity index (χ4n) is 2.77. The zero-order valence-corrected chi connectivity index (χ0v) is 13.0. The number of hydrogen-bond acceptors (Lipinski definition) is 4. The Morgan fingerprint density at radius 3 is 2.17 bits per heavy atom. The number of nitrogens with two attached hydrogens (primary N) is 1. The van der Waals surface area contributed by atoms with Crippen molar-refractivity contribution in [2.75, 3.05) is 5.73 Å². The number of nitrogens with zero attached hydrogens (tertiary/aromatic N) is 1. The molecule has 4 nitrogen and oxygen atoms in total. The minimum atomic E-state index is 0.282. The average Bonchev–Trinajstić information content (AvgIpc) is 2.99. The van der Waals surface area contributed by atoms with E-state index in [1.165, 1.54) is 22.3 Å². The Labute approximate surface area is 140 Å². The van der Waals surface area contributed by atoms with Crippen molar-refractivity contribution >= 4 is 18.3 Å². The average molecular weight is 316 g/mol. The smallest absolute Gasteiger partial charge is 0.168 e. The summed E-state index contributed by atoms with van der Waals surface area (Å²) in [5, 5.41) is 0. The highest BCUT2D eigenvalue weighted by molar-refractivity contribution is 5.78. The van der Waals surface area contributed by atoms with Crippen molar-refractivity contribution in [1.82, 2.24) is 4.98 Å². The molecule has 0 fully saturated rings. The fourth-order valence-corrected chi connectivity index (χ4v) is 2.77. The largest absolute Gasteiger partial charge is 0.399 e. The van der Waals surface area contributed by atoms with Crippen LogP contribution in [0.4, 0.5) is 5.69 Å². The summed E-state index contributed by atoms with van der Waals surface area (Å²) >= 11 is 0. The third-order valence-electron chi connectivity index (χ3n) is 3.85. The van der Waals surface area contributed by atoms with Crippen molar-refractivity contribution < 1.29 is 9.59 Å². The SMILES string of the molecule is Nc1ccc2c(c1)Cc1ccccc1-2.O=Cc1cccc(C=O)n1. The minimum Gasteiger partial charge on any atom is -0.399 e. The predicted molar refractivity (Wildman–Crippen MR) is 94.1 cm³/mol. The van der Waals surface area contributed by atoms with Crippen molar-refractivity contribution in [1.29, 1.82) is 0 Å². The van der Waals surface area contributed by atoms with Gasteiger partial charge in [0.15, 0.2) is 12.6 Å². The van der Waals surface area contributed by atoms with Crippen LogP contribution in [-0.4, -0.2) is 17.6 Å². The van der Waals surface area contributed by atoms with Gasteiger partial charge in [0.2, 0.25) is 0 Å². The van der Waals surface area contributed by atoms with Crippen molar-refractivity contribution in [3.8, 4) is 11.1 Å². The lowest BCUT2D eigenvalue weighted by molar-refractivity contribution is 0.111. The Kier molecular flexibility index (Phi) is 4.47. The van der Waals surface area contributed by atoms with E-state index in [2.05, 4.69) is 41.4 Å². The van der Waals surface area contributed by atoms with E-state index in [9.17, 15) is 9.59 Å². The Morgan fingerprint density at radius 1 is 0.792 bits per heavy atom. The molecule has 1 heterocycles. The number of aldehydes is 2. The van der Waals surface area contributed by atoms with Crippen molar-refractivity contribution in [3.63, 3.8) is 0 Å². The molecule has 2 N–H and O–H groups in total. The van der Waals surface area contributed by atoms with Crippen LogP contribution in [0, 0.1) is 0 Å². The van der Waals surface area contributed by atoms with E-state index in [1.54, 1.807) is 18.2 Å². The molecular weight excluding hydrogens is 300 g/mol. The van der Waals surface area contributed by atoms with Gasteiger partial charge in [0.1, 0.15) is 11.4 Å². The number of aromatic nitrogens is 1. The number of nitrogen functional groups attached to an aromatic ring is 1. The lowest BCUT2D eigenvalue weighted by atomic mass is 10.1. The van der Waals surface area contributed by atoms with Crippen LogP contribution >= 0.6 is 0 Å². The van der Waals surface area contributed by atoms with Crippen LogP contribution in [-0.2, 0) is 6.42 Å². The lowest BCUT2D eigenvalue weighted by Crippen LogP contribution is -1.90. The first-order valence-electron chi connectivity index (χ1n) is 7.55. The summed E-state index contributed by atoms with van der Waals surface area (Å²) in [5.41, 5.74) is 12.7. The number of carbonyl (C=O) groups excluding carboxylic acids is 2. The third-order valence-corrected chi connectivity index (χ3v) is 3.85. The molecule has 1 aliphatic rings. The fraction of sp³-hybridized carbons (Fsp3) is 0.0500. The maximum absolute atomic E-state index is 10.1. The molecule has 118 valence electrons. The van der Waals surface area contributed by atoms with Gasteiger partial charge in [0.25, 0.3) is 0 Å². The quantitative estimate of drug-likeness (QED) is 0.453. The van der Waals surface area contributed by atoms with E-state index in [-0.39, 0.29) is 11.4 Å². The maximum atomic E-state index is 10.1. The van der Waals surface area contributed by atoms with Crippen molar-refractivity contribution in [3.05, 3.63) is 83.2 Å². The Balaban J connectivity index is 0.000000150. The van der Waals surface area contributed by atoms with Gasteiger partial charge in [0.05, 0.1) is 0 Å². The molecule has 0 bridgehead atoms. The summed E-state index contributed by atoms with van der Waals surface area (Å²) in [6.07, 6.45) is 2.23. The molecule has 1 aliphatic carbocycles. The van der Waals surface area contributed by atoms with Crippen LogP contribution in [0.2, 0.25) is 0 Å². The molecular formula is C20H16N2O2. The number of pyridine rings is 1. The maximum Gasteiger partial charge on any atom is 0.168 e. The molecule has 0 atom stereocenters. The molecule has 4 rings (SSSR count). The van der Waals surface area contributed by atoms with Crippen LogP contribution in [0.1, 0.15) is 32.1 Å². The Morgan fingerprint density at radius 2 is 1.46 bits per heavy atom. The molecule has 0 saturated heterocycles. The number of fused-ring (bicyclic) bond motifs is 3. The highest BCUT2D eigenvalue weighted by Crippen LogP contribution is 2.36. The van der Waals surface area contributed by atoms with Crippen molar-refractivity contribution in [2.24, 2.45) is 0 Å². The molecule has 2 aromatic carbocycles. The van der Waals surface area contributed by atoms with E-state index in [1.807, 2.05) is 6.07 Å². The standard InChI is InChI=1S/C13H11N.C7H5NO2/c14-11-5-6-13-10(8-11)7-9-3-1-2-4-12(9)13;9-4-6-2-1-3-7(5-10)8-6/h1-6,8H,7,14H2;1-5H. The van der Waals surface area contributed by atoms with Gasteiger partial charge in [-0.3, -0.25) is 9.59 Å². The first-order valence-corrected chi connectivity index (χ1v) is 7.55. The van der Waals surface area contributed by atoms with Gasteiger partial charge >= 0.3 is 0 Å². The Hall–Kier alpha value is -3.27. The van der Waals surface area contributed by atoms with Gasteiger partial charge < -0.3 is 5.73 Å². The highest BCUT2D eigenvalue weighted by Gasteiger charge is 2.16. The first-order chi connectivity index (χ1) is 11.7. The number of benzene rings is 2. The minimum absolute atomic E-state index is 0.282. The summed E-state index contributed by atoms with van der Waals surface area (Å²) in [6.45, 7) is 0. The second-order valence-electron chi connectivity index (χ2n) is 5.47. The van der Waals surface area contributed by atoms with Crippen LogP contribution in [0.3, 0.4) is 0 Å². The van der Waals surface area contributed by atoms with Crippen molar-refractivity contribution in [2.45, 2.75) is 6.42 Å². The molecule has 1 aromatic heterocycles. The molecule has 0 aliphatic heterocycles. The van der Waals surface area contributed by atoms with Crippen LogP contribution < -0.4 is 5.73 Å². The molecule has 0 radical (unpaired) electrons. The number of carbonyl (C=O) groups is 2. The zero-order valence-electron chi connectivity index (χ0n) is 13.0. The van der Waals surface area contributed by atoms with E-state index >= 15 is 0 Å². The summed E-state index contributed by atoms with van der Waals surface area (Å²) < 4.78 is 0. The van der Waals surface area contributed by atoms with Gasteiger partial charge in [-0.05, 0) is 52.9 Å². The summed E-state index contributed by atoms with van der Waals surface area (Å²) in [5.74, 6) is 0. The monoisotopic (exact) mass is 316 g/mol. The van der Waals surface area contributed by atoms with Crippen LogP contribution in [0.5, 0.6) is 0 Å². The van der Waals surface area contributed by atoms with Gasteiger partial charge in [-0.1, -0.05) is 36.4 Å². The number of anilines is 1. The predicted octanol–water partition coefficient (Wildman–Crippen LogP) is 3.55. The Bertz CT molecular complexity index is 880. The van der Waals surface area contributed by atoms with Gasteiger partial charge in [-0.2, -0.15) is 0 Å². The van der Waals surface area contributed by atoms with Gasteiger partial charge in [-0.15, -0.1) is 0 Å². The van der Waals surface area contributed by atoms with E-state index in [4.69, 9.17) is 5.73 Å². The molecule has 0 unspecified atom stereocenters. The summed E-state index contributed by atoms with van der Waals surface area (Å²) in [7, 11) is 0. The molecule has 4 heteroatoms. The highest BCUT2D eigenvalue weighted by atomic mass is 16.1. The molecule has 0 spiro atoms. The van der Waals surface area contributed by atoms with Crippen LogP contribution in [0.15, 0.2) is 60.7 Å². The normalized spacial score (nSPS) is 10.8. The first kappa shape index (κ1) is 15.6. The summed E-state index contributed by atoms with van der Waals surface area (Å²) in [4.78, 5) is 23.9. The molecule has 0 saturated carbocycles. The second-order valence-corrected chi connectivity index (χ2v) is 5.47. The van der Waals surface area contributed by atoms with Gasteiger partial charge in [0, 0.05) is 5.69 Å². The van der Waals surface area contributed by atoms with E-state index < -0.39 is 0 Å². The topological polar surface area (TPSA) is 73.1 Å². The molecule has 24 heavy (non-hydrogen) atoms. The van der Waals surface area contributed by atoms with Crippen LogP contribution in [0.25, 0.3) is 11.1 Å². The lowest BCUT2D eigenvalue weighted by Gasteiger charge is -2.00. The molecule has 3 aromatic rings. The van der Waals surface area contributed by atoms with E-state index in [0.29, 0.717) is 12.6 Å². The van der Waals surface area contributed by atoms with E-state index in [0.717, 1.165) is 12.1 Å². The number of hydrogen-bond donors (Lipinski definition) is 1. The number of rotatable bonds is 2. The molecule has 0 amide bonds. The third kappa shape index (κ3) is 3.22. The van der Waals surface area contributed by atoms with Gasteiger partial charge in [-0.25, -0.2) is 4.98 Å². The zero-order chi connectivity index (χ0) is 16.9. The second kappa shape index (κ2) is 6.87.